The molecule has 2 rings (SSSR count). The number of hydrogen-bond donors (Lipinski definition) is 2. The van der Waals surface area contributed by atoms with E-state index >= 15 is 0 Å². The number of hydrogen-bond acceptors (Lipinski definition) is 5. The molecule has 1 aromatic carbocycles. The molecule has 0 radical (unpaired) electrons. The first kappa shape index (κ1) is 18.9. The van der Waals surface area contributed by atoms with Crippen LogP contribution in [0.2, 0.25) is 0 Å². The van der Waals surface area contributed by atoms with Crippen LogP contribution in [0.25, 0.3) is 0 Å². The first-order chi connectivity index (χ1) is 11.8. The summed E-state index contributed by atoms with van der Waals surface area (Å²) in [5, 5.41) is 5.99. The van der Waals surface area contributed by atoms with E-state index in [9.17, 15) is 4.79 Å². The Labute approximate surface area is 149 Å². The van der Waals surface area contributed by atoms with Crippen molar-refractivity contribution in [1.29, 1.82) is 0 Å². The zero-order valence-electron chi connectivity index (χ0n) is 15.6. The molecule has 0 bridgehead atoms. The molecule has 1 aromatic heterocycles. The van der Waals surface area contributed by atoms with Crippen molar-refractivity contribution in [2.45, 2.75) is 26.2 Å². The molecule has 0 aliphatic heterocycles. The average molecular weight is 341 g/mol. The second kappa shape index (κ2) is 8.07. The van der Waals surface area contributed by atoms with Crippen LogP contribution >= 0.6 is 0 Å². The molecule has 0 fully saturated rings. The van der Waals surface area contributed by atoms with E-state index in [4.69, 9.17) is 0 Å². The number of nitrogens with zero attached hydrogens (tertiary/aromatic N) is 3. The lowest BCUT2D eigenvalue weighted by Crippen LogP contribution is -2.22. The summed E-state index contributed by atoms with van der Waals surface area (Å²) in [5.74, 6) is 0.208. The first-order valence-electron chi connectivity index (χ1n) is 8.39. The van der Waals surface area contributed by atoms with Gasteiger partial charge < -0.3 is 15.5 Å². The normalized spacial score (nSPS) is 11.4. The summed E-state index contributed by atoms with van der Waals surface area (Å²) in [6.45, 7) is 8.05. The number of amides is 1. The van der Waals surface area contributed by atoms with Gasteiger partial charge in [0.15, 0.2) is 0 Å². The topological polar surface area (TPSA) is 70.2 Å². The van der Waals surface area contributed by atoms with Crippen LogP contribution < -0.4 is 10.6 Å². The number of anilines is 2. The van der Waals surface area contributed by atoms with Crippen LogP contribution in [0.5, 0.6) is 0 Å². The molecule has 0 aliphatic rings. The molecule has 0 saturated carbocycles. The van der Waals surface area contributed by atoms with E-state index in [1.807, 2.05) is 38.4 Å². The number of carbonyl (C=O) groups is 1. The van der Waals surface area contributed by atoms with Crippen molar-refractivity contribution in [3.05, 3.63) is 47.8 Å². The second-order valence-electron chi connectivity index (χ2n) is 7.28. The van der Waals surface area contributed by atoms with Crippen LogP contribution in [0.4, 0.5) is 11.6 Å². The fraction of sp³-hybridized carbons (Fsp3) is 0.421. The second-order valence-corrected chi connectivity index (χ2v) is 7.28. The minimum atomic E-state index is -0.249. The minimum absolute atomic E-state index is 0.0856. The number of nitrogens with one attached hydrogen (secondary N) is 2. The lowest BCUT2D eigenvalue weighted by atomic mass is 9.87. The first-order valence-corrected chi connectivity index (χ1v) is 8.39. The van der Waals surface area contributed by atoms with Crippen LogP contribution in [0.3, 0.4) is 0 Å². The maximum Gasteiger partial charge on any atom is 0.274 e. The molecule has 0 atom stereocenters. The van der Waals surface area contributed by atoms with Gasteiger partial charge in [0.2, 0.25) is 5.95 Å². The number of carbonyl (C=O) groups excluding carboxylic acids is 1. The minimum Gasteiger partial charge on any atom is -0.353 e. The Balaban J connectivity index is 2.00. The molecule has 0 aliphatic carbocycles. The molecule has 0 spiro atoms. The predicted octanol–water partition coefficient (Wildman–Crippen LogP) is 3.00. The van der Waals surface area contributed by atoms with Gasteiger partial charge in [0.25, 0.3) is 5.91 Å². The van der Waals surface area contributed by atoms with E-state index in [2.05, 4.69) is 46.3 Å². The standard InChI is InChI=1S/C19H27N5O/c1-19(2,3)14-6-8-15(9-7-14)22-17(25)16-10-11-20-18(23-16)21-12-13-24(4)5/h6-11H,12-13H2,1-5H3,(H,22,25)(H,20,21,23). The fourth-order valence-electron chi connectivity index (χ4n) is 2.21. The molecule has 25 heavy (non-hydrogen) atoms. The summed E-state index contributed by atoms with van der Waals surface area (Å²) in [7, 11) is 3.99. The Morgan fingerprint density at radius 1 is 1.12 bits per heavy atom. The van der Waals surface area contributed by atoms with E-state index in [0.717, 1.165) is 12.2 Å². The van der Waals surface area contributed by atoms with Gasteiger partial charge in [0.1, 0.15) is 5.69 Å². The molecular formula is C19H27N5O. The van der Waals surface area contributed by atoms with Gasteiger partial charge >= 0.3 is 0 Å². The van der Waals surface area contributed by atoms with Crippen LogP contribution in [0, 0.1) is 0 Å². The molecular weight excluding hydrogens is 314 g/mol. The van der Waals surface area contributed by atoms with E-state index in [0.29, 0.717) is 18.2 Å². The zero-order chi connectivity index (χ0) is 18.4. The SMILES string of the molecule is CN(C)CCNc1nccc(C(=O)Nc2ccc(C(C)(C)C)cc2)n1. The summed E-state index contributed by atoms with van der Waals surface area (Å²) >= 11 is 0. The van der Waals surface area contributed by atoms with Crippen molar-refractivity contribution in [1.82, 2.24) is 14.9 Å². The Bertz CT molecular complexity index is 704. The molecule has 0 unspecified atom stereocenters. The van der Waals surface area contributed by atoms with Gasteiger partial charge in [0.05, 0.1) is 0 Å². The molecule has 134 valence electrons. The maximum absolute atomic E-state index is 12.4. The quantitative estimate of drug-likeness (QED) is 0.845. The predicted molar refractivity (Wildman–Crippen MR) is 102 cm³/mol. The van der Waals surface area contributed by atoms with E-state index in [-0.39, 0.29) is 11.3 Å². The highest BCUT2D eigenvalue weighted by molar-refractivity contribution is 6.02. The van der Waals surface area contributed by atoms with E-state index in [1.54, 1.807) is 12.3 Å². The number of aromatic nitrogens is 2. The van der Waals surface area contributed by atoms with E-state index in [1.165, 1.54) is 5.56 Å². The highest BCUT2D eigenvalue weighted by Crippen LogP contribution is 2.23. The molecule has 1 heterocycles. The fourth-order valence-corrected chi connectivity index (χ4v) is 2.21. The largest absolute Gasteiger partial charge is 0.353 e. The Hall–Kier alpha value is -2.47. The number of benzene rings is 1. The Morgan fingerprint density at radius 2 is 1.80 bits per heavy atom. The molecule has 2 aromatic rings. The van der Waals surface area contributed by atoms with Crippen molar-refractivity contribution in [2.75, 3.05) is 37.8 Å². The number of likely N-dealkylation sites (N-methyl/N-ethyl adjacent to an activating group) is 1. The third-order valence-corrected chi connectivity index (χ3v) is 3.74. The van der Waals surface area contributed by atoms with Gasteiger partial charge in [-0.05, 0) is 43.3 Å². The highest BCUT2D eigenvalue weighted by Gasteiger charge is 2.14. The van der Waals surface area contributed by atoms with Crippen LogP contribution in [-0.2, 0) is 5.41 Å². The van der Waals surface area contributed by atoms with Gasteiger partial charge in [0, 0.05) is 25.0 Å². The van der Waals surface area contributed by atoms with Crippen LogP contribution in [-0.4, -0.2) is 48.0 Å². The lowest BCUT2D eigenvalue weighted by molar-refractivity contribution is 0.102. The van der Waals surface area contributed by atoms with Crippen molar-refractivity contribution < 1.29 is 4.79 Å². The molecule has 0 saturated heterocycles. The maximum atomic E-state index is 12.4. The molecule has 1 amide bonds. The smallest absolute Gasteiger partial charge is 0.274 e. The molecule has 6 nitrogen and oxygen atoms in total. The average Bonchev–Trinajstić information content (AvgIpc) is 2.54. The summed E-state index contributed by atoms with van der Waals surface area (Å²) in [6, 6.07) is 9.50. The summed E-state index contributed by atoms with van der Waals surface area (Å²) < 4.78 is 0. The summed E-state index contributed by atoms with van der Waals surface area (Å²) in [6.07, 6.45) is 1.59. The van der Waals surface area contributed by atoms with Gasteiger partial charge in [-0.2, -0.15) is 0 Å². The molecule has 6 heteroatoms. The van der Waals surface area contributed by atoms with Crippen molar-refractivity contribution in [2.24, 2.45) is 0 Å². The van der Waals surface area contributed by atoms with E-state index < -0.39 is 0 Å². The summed E-state index contributed by atoms with van der Waals surface area (Å²) in [4.78, 5) is 22.9. The Kier molecular flexibility index (Phi) is 6.09. The van der Waals surface area contributed by atoms with Gasteiger partial charge in [-0.3, -0.25) is 4.79 Å². The lowest BCUT2D eigenvalue weighted by Gasteiger charge is -2.19. The van der Waals surface area contributed by atoms with Crippen molar-refractivity contribution in [3.63, 3.8) is 0 Å². The molecule has 2 N–H and O–H groups in total. The third kappa shape index (κ3) is 5.83. The van der Waals surface area contributed by atoms with Gasteiger partial charge in [-0.1, -0.05) is 32.9 Å². The van der Waals surface area contributed by atoms with Crippen LogP contribution in [0.1, 0.15) is 36.8 Å². The zero-order valence-corrected chi connectivity index (χ0v) is 15.6. The van der Waals surface area contributed by atoms with Gasteiger partial charge in [-0.25, -0.2) is 9.97 Å². The highest BCUT2D eigenvalue weighted by atomic mass is 16.1. The Morgan fingerprint density at radius 3 is 2.40 bits per heavy atom. The number of rotatable bonds is 6. The van der Waals surface area contributed by atoms with Crippen molar-refractivity contribution in [3.8, 4) is 0 Å². The van der Waals surface area contributed by atoms with Crippen LogP contribution in [0.15, 0.2) is 36.5 Å². The third-order valence-electron chi connectivity index (χ3n) is 3.74. The van der Waals surface area contributed by atoms with Gasteiger partial charge in [-0.15, -0.1) is 0 Å². The monoisotopic (exact) mass is 341 g/mol. The summed E-state index contributed by atoms with van der Waals surface area (Å²) in [5.41, 5.74) is 2.39. The van der Waals surface area contributed by atoms with Crippen molar-refractivity contribution >= 4 is 17.5 Å².